The van der Waals surface area contributed by atoms with Crippen LogP contribution in [0.5, 0.6) is 0 Å². The lowest BCUT2D eigenvalue weighted by Crippen LogP contribution is -1.80. The van der Waals surface area contributed by atoms with Crippen LogP contribution in [0.4, 0.5) is 0 Å². The van der Waals surface area contributed by atoms with E-state index in [2.05, 4.69) is 13.0 Å². The molecule has 0 aromatic rings. The molecular formula is C7H10. The maximum absolute atomic E-state index is 2.41. The van der Waals surface area contributed by atoms with Gasteiger partial charge in [0.25, 0.3) is 0 Å². The molecule has 7 heavy (non-hydrogen) atoms. The summed E-state index contributed by atoms with van der Waals surface area (Å²) in [4.78, 5) is 0. The van der Waals surface area contributed by atoms with Gasteiger partial charge in [-0.2, -0.15) is 0 Å². The second-order valence-corrected chi connectivity index (χ2v) is 2.75. The van der Waals surface area contributed by atoms with E-state index < -0.39 is 0 Å². The molecule has 0 spiro atoms. The Kier molecular flexibility index (Phi) is 0.495. The standard InChI is InChI=1S/C7H10/c1-5-2-3-6-4-7(5)6/h4-6H,2-3H2,1H3. The van der Waals surface area contributed by atoms with Gasteiger partial charge in [0.1, 0.15) is 0 Å². The van der Waals surface area contributed by atoms with Crippen molar-refractivity contribution < 1.29 is 0 Å². The summed E-state index contributed by atoms with van der Waals surface area (Å²) >= 11 is 0. The van der Waals surface area contributed by atoms with Gasteiger partial charge in [-0.05, 0) is 24.7 Å². The molecule has 0 aliphatic heterocycles. The van der Waals surface area contributed by atoms with E-state index in [9.17, 15) is 0 Å². The molecule has 1 fully saturated rings. The Labute approximate surface area is 44.2 Å². The predicted molar refractivity (Wildman–Crippen MR) is 30.0 cm³/mol. The monoisotopic (exact) mass is 94.1 g/mol. The third-order valence-electron chi connectivity index (χ3n) is 2.19. The van der Waals surface area contributed by atoms with Crippen molar-refractivity contribution in [2.75, 3.05) is 0 Å². The molecule has 1 saturated carbocycles. The summed E-state index contributed by atoms with van der Waals surface area (Å²) in [7, 11) is 0. The third-order valence-corrected chi connectivity index (χ3v) is 2.19. The molecule has 0 nitrogen and oxygen atoms in total. The lowest BCUT2D eigenvalue weighted by Gasteiger charge is -1.93. The van der Waals surface area contributed by atoms with Gasteiger partial charge in [0.15, 0.2) is 0 Å². The number of hydrogen-bond acceptors (Lipinski definition) is 0. The third kappa shape index (κ3) is 0.370. The van der Waals surface area contributed by atoms with Gasteiger partial charge in [-0.25, -0.2) is 0 Å². The number of fused-ring (bicyclic) bond motifs is 1. The summed E-state index contributed by atoms with van der Waals surface area (Å²) in [6.07, 6.45) is 5.32. The van der Waals surface area contributed by atoms with Crippen LogP contribution in [0.1, 0.15) is 19.8 Å². The summed E-state index contributed by atoms with van der Waals surface area (Å²) < 4.78 is 0. The second kappa shape index (κ2) is 0.936. The molecule has 2 aliphatic carbocycles. The lowest BCUT2D eigenvalue weighted by atomic mass is 10.1. The molecule has 0 saturated heterocycles. The van der Waals surface area contributed by atoms with E-state index in [1.807, 2.05) is 0 Å². The predicted octanol–water partition coefficient (Wildman–Crippen LogP) is 1.97. The quantitative estimate of drug-likeness (QED) is 0.402. The van der Waals surface area contributed by atoms with E-state index in [-0.39, 0.29) is 0 Å². The van der Waals surface area contributed by atoms with Crippen LogP contribution >= 0.6 is 0 Å². The van der Waals surface area contributed by atoms with Crippen LogP contribution in [0.25, 0.3) is 0 Å². The van der Waals surface area contributed by atoms with Crippen LogP contribution < -0.4 is 0 Å². The van der Waals surface area contributed by atoms with Gasteiger partial charge in [0, 0.05) is 0 Å². The first-order chi connectivity index (χ1) is 3.38. The summed E-state index contributed by atoms with van der Waals surface area (Å²) in [5.41, 5.74) is 1.75. The van der Waals surface area contributed by atoms with Crippen LogP contribution in [-0.2, 0) is 0 Å². The highest BCUT2D eigenvalue weighted by atomic mass is 14.4. The molecule has 0 aromatic heterocycles. The van der Waals surface area contributed by atoms with Gasteiger partial charge >= 0.3 is 0 Å². The van der Waals surface area contributed by atoms with Crippen molar-refractivity contribution in [1.82, 2.24) is 0 Å². The number of hydrogen-bond donors (Lipinski definition) is 0. The first-order valence-corrected chi connectivity index (χ1v) is 3.09. The minimum Gasteiger partial charge on any atom is -0.0773 e. The van der Waals surface area contributed by atoms with Gasteiger partial charge in [-0.15, -0.1) is 0 Å². The molecule has 2 atom stereocenters. The molecule has 2 aliphatic rings. The fraction of sp³-hybridized carbons (Fsp3) is 0.714. The largest absolute Gasteiger partial charge is 0.0773 e. The van der Waals surface area contributed by atoms with E-state index in [0.717, 1.165) is 11.8 Å². The Morgan fingerprint density at radius 1 is 1.57 bits per heavy atom. The zero-order valence-corrected chi connectivity index (χ0v) is 4.65. The van der Waals surface area contributed by atoms with E-state index in [1.165, 1.54) is 12.8 Å². The van der Waals surface area contributed by atoms with Crippen LogP contribution in [0.2, 0.25) is 0 Å². The smallest absolute Gasteiger partial charge is 0.00172 e. The van der Waals surface area contributed by atoms with E-state index in [1.54, 1.807) is 5.57 Å². The van der Waals surface area contributed by atoms with E-state index in [0.29, 0.717) is 0 Å². The number of rotatable bonds is 0. The molecule has 0 heterocycles. The normalized spacial score (nSPS) is 45.6. The maximum atomic E-state index is 2.41. The average Bonchev–Trinajstić information content (AvgIpc) is 2.33. The Balaban J connectivity index is 2.19. The van der Waals surface area contributed by atoms with Gasteiger partial charge in [0.2, 0.25) is 0 Å². The van der Waals surface area contributed by atoms with Gasteiger partial charge < -0.3 is 0 Å². The van der Waals surface area contributed by atoms with Crippen molar-refractivity contribution in [1.29, 1.82) is 0 Å². The molecule has 0 bridgehead atoms. The van der Waals surface area contributed by atoms with Gasteiger partial charge in [-0.1, -0.05) is 18.6 Å². The highest BCUT2D eigenvalue weighted by Crippen LogP contribution is 2.47. The zero-order valence-electron chi connectivity index (χ0n) is 4.65. The minimum atomic E-state index is 0.949. The molecule has 0 aromatic carbocycles. The van der Waals surface area contributed by atoms with Crippen LogP contribution in [0, 0.1) is 11.8 Å². The Hall–Kier alpha value is -0.260. The van der Waals surface area contributed by atoms with Crippen LogP contribution in [0.15, 0.2) is 11.6 Å². The summed E-state index contributed by atoms with van der Waals surface area (Å²) in [6.45, 7) is 2.33. The van der Waals surface area contributed by atoms with Crippen molar-refractivity contribution in [2.45, 2.75) is 19.8 Å². The fourth-order valence-corrected chi connectivity index (χ4v) is 1.56. The van der Waals surface area contributed by atoms with E-state index >= 15 is 0 Å². The molecular weight excluding hydrogens is 84.1 g/mol. The van der Waals surface area contributed by atoms with Crippen molar-refractivity contribution >= 4 is 0 Å². The zero-order chi connectivity index (χ0) is 4.85. The summed E-state index contributed by atoms with van der Waals surface area (Å²) in [6, 6.07) is 0. The molecule has 0 radical (unpaired) electrons. The maximum Gasteiger partial charge on any atom is -0.00172 e. The topological polar surface area (TPSA) is 0 Å². The molecule has 2 unspecified atom stereocenters. The summed E-state index contributed by atoms with van der Waals surface area (Å²) in [5.74, 6) is 1.93. The molecule has 0 heteroatoms. The van der Waals surface area contributed by atoms with Crippen molar-refractivity contribution in [3.63, 3.8) is 0 Å². The van der Waals surface area contributed by atoms with Crippen molar-refractivity contribution in [3.05, 3.63) is 11.6 Å². The minimum absolute atomic E-state index is 0.949. The Morgan fingerprint density at radius 3 is 2.57 bits per heavy atom. The highest BCUT2D eigenvalue weighted by molar-refractivity contribution is 5.34. The Morgan fingerprint density at radius 2 is 2.43 bits per heavy atom. The average molecular weight is 94.2 g/mol. The van der Waals surface area contributed by atoms with Crippen molar-refractivity contribution in [2.24, 2.45) is 11.8 Å². The van der Waals surface area contributed by atoms with Crippen LogP contribution in [0.3, 0.4) is 0 Å². The first-order valence-electron chi connectivity index (χ1n) is 3.09. The molecule has 0 amide bonds. The highest BCUT2D eigenvalue weighted by Gasteiger charge is 2.34. The molecule has 38 valence electrons. The SMILES string of the molecule is CC1CCC2C=C12. The second-order valence-electron chi connectivity index (χ2n) is 2.75. The molecule has 2 rings (SSSR count). The van der Waals surface area contributed by atoms with Crippen molar-refractivity contribution in [3.8, 4) is 0 Å². The lowest BCUT2D eigenvalue weighted by molar-refractivity contribution is 0.677. The van der Waals surface area contributed by atoms with Crippen LogP contribution in [-0.4, -0.2) is 0 Å². The molecule has 0 N–H and O–H groups in total. The van der Waals surface area contributed by atoms with E-state index in [4.69, 9.17) is 0 Å². The Bertz CT molecular complexity index is 122. The van der Waals surface area contributed by atoms with Gasteiger partial charge in [0.05, 0.1) is 0 Å². The first kappa shape index (κ1) is 3.71. The summed E-state index contributed by atoms with van der Waals surface area (Å²) in [5, 5.41) is 0. The number of allylic oxidation sites excluding steroid dienone is 2. The van der Waals surface area contributed by atoms with Gasteiger partial charge in [-0.3, -0.25) is 0 Å². The fourth-order valence-electron chi connectivity index (χ4n) is 1.56.